The minimum Gasteiger partial charge on any atom is -0.361 e. The van der Waals surface area contributed by atoms with Crippen LogP contribution in [-0.4, -0.2) is 41.5 Å². The van der Waals surface area contributed by atoms with E-state index in [4.69, 9.17) is 0 Å². The van der Waals surface area contributed by atoms with Crippen molar-refractivity contribution in [3.05, 3.63) is 71.9 Å². The van der Waals surface area contributed by atoms with E-state index >= 15 is 0 Å². The number of rotatable bonds is 4. The lowest BCUT2D eigenvalue weighted by Crippen LogP contribution is -2.53. The second-order valence-corrected chi connectivity index (χ2v) is 6.66. The van der Waals surface area contributed by atoms with Crippen molar-refractivity contribution in [1.29, 1.82) is 0 Å². The zero-order valence-corrected chi connectivity index (χ0v) is 14.2. The van der Waals surface area contributed by atoms with Crippen molar-refractivity contribution in [3.63, 3.8) is 0 Å². The van der Waals surface area contributed by atoms with Crippen LogP contribution in [0.2, 0.25) is 0 Å². The third-order valence-corrected chi connectivity index (χ3v) is 5.02. The SMILES string of the molecule is O=C(c1ccc2cc[nH]c2c1)N1CCNCC1CCc1ccccc1. The first-order valence-corrected chi connectivity index (χ1v) is 8.94. The van der Waals surface area contributed by atoms with E-state index in [1.165, 1.54) is 5.56 Å². The maximum Gasteiger partial charge on any atom is 0.254 e. The number of benzene rings is 2. The third-order valence-electron chi connectivity index (χ3n) is 5.02. The number of aromatic nitrogens is 1. The normalized spacial score (nSPS) is 17.8. The van der Waals surface area contributed by atoms with Gasteiger partial charge in [-0.15, -0.1) is 0 Å². The van der Waals surface area contributed by atoms with Crippen LogP contribution in [0.3, 0.4) is 0 Å². The molecule has 1 unspecified atom stereocenters. The molecule has 4 nitrogen and oxygen atoms in total. The zero-order valence-electron chi connectivity index (χ0n) is 14.2. The van der Waals surface area contributed by atoms with Crippen LogP contribution >= 0.6 is 0 Å². The first kappa shape index (κ1) is 15.9. The fraction of sp³-hybridized carbons (Fsp3) is 0.286. The molecule has 4 rings (SSSR count). The summed E-state index contributed by atoms with van der Waals surface area (Å²) < 4.78 is 0. The second kappa shape index (κ2) is 7.11. The number of hydrogen-bond donors (Lipinski definition) is 2. The average Bonchev–Trinajstić information content (AvgIpc) is 3.14. The van der Waals surface area contributed by atoms with Crippen LogP contribution in [0.25, 0.3) is 10.9 Å². The van der Waals surface area contributed by atoms with Gasteiger partial charge in [0.05, 0.1) is 0 Å². The summed E-state index contributed by atoms with van der Waals surface area (Å²) in [5.41, 5.74) is 3.11. The minimum absolute atomic E-state index is 0.135. The van der Waals surface area contributed by atoms with E-state index in [9.17, 15) is 4.79 Å². The molecule has 4 heteroatoms. The third kappa shape index (κ3) is 3.44. The van der Waals surface area contributed by atoms with Gasteiger partial charge < -0.3 is 15.2 Å². The first-order chi connectivity index (χ1) is 12.3. The Labute approximate surface area is 147 Å². The van der Waals surface area contributed by atoms with Crippen LogP contribution in [0.1, 0.15) is 22.3 Å². The molecule has 0 bridgehead atoms. The molecule has 1 fully saturated rings. The van der Waals surface area contributed by atoms with Gasteiger partial charge in [-0.25, -0.2) is 0 Å². The van der Waals surface area contributed by atoms with Gasteiger partial charge in [0.2, 0.25) is 0 Å². The van der Waals surface area contributed by atoms with E-state index in [1.54, 1.807) is 0 Å². The summed E-state index contributed by atoms with van der Waals surface area (Å²) in [6, 6.07) is 18.7. The Morgan fingerprint density at radius 1 is 1.12 bits per heavy atom. The van der Waals surface area contributed by atoms with Gasteiger partial charge in [0, 0.05) is 43.0 Å². The van der Waals surface area contributed by atoms with Crippen LogP contribution in [0.4, 0.5) is 0 Å². The Hall–Kier alpha value is -2.59. The maximum atomic E-state index is 13.1. The number of hydrogen-bond acceptors (Lipinski definition) is 2. The smallest absolute Gasteiger partial charge is 0.254 e. The molecule has 2 aromatic carbocycles. The first-order valence-electron chi connectivity index (χ1n) is 8.94. The Morgan fingerprint density at radius 3 is 2.88 bits per heavy atom. The molecule has 0 spiro atoms. The lowest BCUT2D eigenvalue weighted by molar-refractivity contribution is 0.0626. The van der Waals surface area contributed by atoms with E-state index in [2.05, 4.69) is 34.6 Å². The van der Waals surface area contributed by atoms with E-state index in [1.807, 2.05) is 41.4 Å². The van der Waals surface area contributed by atoms with Crippen molar-refractivity contribution in [2.75, 3.05) is 19.6 Å². The maximum absolute atomic E-state index is 13.1. The molecule has 0 radical (unpaired) electrons. The van der Waals surface area contributed by atoms with E-state index in [-0.39, 0.29) is 11.9 Å². The van der Waals surface area contributed by atoms with Gasteiger partial charge >= 0.3 is 0 Å². The lowest BCUT2D eigenvalue weighted by atomic mass is 10.0. The van der Waals surface area contributed by atoms with E-state index < -0.39 is 0 Å². The number of aromatic amines is 1. The summed E-state index contributed by atoms with van der Waals surface area (Å²) in [6.45, 7) is 2.49. The molecule has 2 heterocycles. The average molecular weight is 333 g/mol. The highest BCUT2D eigenvalue weighted by Crippen LogP contribution is 2.19. The van der Waals surface area contributed by atoms with Crippen molar-refractivity contribution < 1.29 is 4.79 Å². The number of nitrogens with one attached hydrogen (secondary N) is 2. The molecular weight excluding hydrogens is 310 g/mol. The molecule has 3 aromatic rings. The predicted octanol–water partition coefficient (Wildman–Crippen LogP) is 3.21. The van der Waals surface area contributed by atoms with Crippen LogP contribution in [0, 0.1) is 0 Å². The largest absolute Gasteiger partial charge is 0.361 e. The van der Waals surface area contributed by atoms with Gasteiger partial charge in [0.25, 0.3) is 5.91 Å². The summed E-state index contributed by atoms with van der Waals surface area (Å²) in [5, 5.41) is 4.57. The van der Waals surface area contributed by atoms with Crippen LogP contribution in [0.5, 0.6) is 0 Å². The highest BCUT2D eigenvalue weighted by Gasteiger charge is 2.27. The predicted molar refractivity (Wildman–Crippen MR) is 101 cm³/mol. The summed E-state index contributed by atoms with van der Waals surface area (Å²) >= 11 is 0. The molecule has 1 amide bonds. The number of carbonyl (C=O) groups is 1. The molecule has 1 saturated heterocycles. The van der Waals surface area contributed by atoms with E-state index in [0.717, 1.165) is 48.9 Å². The molecule has 128 valence electrons. The summed E-state index contributed by atoms with van der Waals surface area (Å²) in [4.78, 5) is 18.3. The summed E-state index contributed by atoms with van der Waals surface area (Å²) in [6.07, 6.45) is 3.88. The van der Waals surface area contributed by atoms with Crippen molar-refractivity contribution >= 4 is 16.8 Å². The number of nitrogens with zero attached hydrogens (tertiary/aromatic N) is 1. The van der Waals surface area contributed by atoms with Crippen LogP contribution in [0.15, 0.2) is 60.8 Å². The number of piperazine rings is 1. The van der Waals surface area contributed by atoms with Crippen molar-refractivity contribution in [1.82, 2.24) is 15.2 Å². The Bertz CT molecular complexity index is 856. The number of amides is 1. The van der Waals surface area contributed by atoms with Crippen molar-refractivity contribution in [2.24, 2.45) is 0 Å². The minimum atomic E-state index is 0.135. The standard InChI is InChI=1S/C21H23N3O/c25-21(18-8-7-17-10-11-23-20(17)14-18)24-13-12-22-15-19(24)9-6-16-4-2-1-3-5-16/h1-5,7-8,10-11,14,19,22-23H,6,9,12-13,15H2. The van der Waals surface area contributed by atoms with E-state index in [0.29, 0.717) is 0 Å². The highest BCUT2D eigenvalue weighted by atomic mass is 16.2. The summed E-state index contributed by atoms with van der Waals surface area (Å²) in [7, 11) is 0. The topological polar surface area (TPSA) is 48.1 Å². The Morgan fingerprint density at radius 2 is 2.00 bits per heavy atom. The quantitative estimate of drug-likeness (QED) is 0.770. The monoisotopic (exact) mass is 333 g/mol. The molecule has 1 aliphatic heterocycles. The number of carbonyl (C=O) groups excluding carboxylic acids is 1. The fourth-order valence-electron chi connectivity index (χ4n) is 3.61. The number of fused-ring (bicyclic) bond motifs is 1. The van der Waals surface area contributed by atoms with Gasteiger partial charge in [-0.2, -0.15) is 0 Å². The number of H-pyrrole nitrogens is 1. The van der Waals surface area contributed by atoms with Crippen LogP contribution in [-0.2, 0) is 6.42 Å². The number of aryl methyl sites for hydroxylation is 1. The van der Waals surface area contributed by atoms with Gasteiger partial charge in [-0.3, -0.25) is 4.79 Å². The second-order valence-electron chi connectivity index (χ2n) is 6.66. The molecule has 1 aliphatic rings. The fourth-order valence-corrected chi connectivity index (χ4v) is 3.61. The van der Waals surface area contributed by atoms with Gasteiger partial charge in [-0.1, -0.05) is 36.4 Å². The summed E-state index contributed by atoms with van der Waals surface area (Å²) in [5.74, 6) is 0.135. The van der Waals surface area contributed by atoms with Crippen molar-refractivity contribution in [2.45, 2.75) is 18.9 Å². The van der Waals surface area contributed by atoms with Crippen LogP contribution < -0.4 is 5.32 Å². The van der Waals surface area contributed by atoms with Gasteiger partial charge in [-0.05, 0) is 42.0 Å². The molecule has 2 N–H and O–H groups in total. The highest BCUT2D eigenvalue weighted by molar-refractivity contribution is 5.98. The van der Waals surface area contributed by atoms with Gasteiger partial charge in [0.15, 0.2) is 0 Å². The Balaban J connectivity index is 1.50. The molecule has 25 heavy (non-hydrogen) atoms. The molecular formula is C21H23N3O. The van der Waals surface area contributed by atoms with Gasteiger partial charge in [0.1, 0.15) is 0 Å². The van der Waals surface area contributed by atoms with Crippen molar-refractivity contribution in [3.8, 4) is 0 Å². The molecule has 1 atom stereocenters. The zero-order chi connectivity index (χ0) is 17.1. The Kier molecular flexibility index (Phi) is 4.53. The molecule has 0 saturated carbocycles. The molecule has 1 aromatic heterocycles. The lowest BCUT2D eigenvalue weighted by Gasteiger charge is -2.36. The molecule has 0 aliphatic carbocycles.